The standard InChI is InChI=1S/C14H22N2O2.C13H20N2O2.CH4/c1-13(2)8-10(9-14(3,4)15(13)5)16-11(17)6-7-12(16)18;1-12(2)7-9(8-13(3,4)14-12)15-10(16)5-6-11(15)17;/h6-7,10H,8-9H2,1-5H3;5-6,9,14H,7-8H2,1-4H3;1H4. The lowest BCUT2D eigenvalue weighted by molar-refractivity contribution is -0.145. The van der Waals surface area contributed by atoms with Crippen molar-refractivity contribution in [2.75, 3.05) is 7.05 Å². The second-order valence-electron chi connectivity index (χ2n) is 13.0. The highest BCUT2D eigenvalue weighted by Crippen LogP contribution is 2.39. The molecule has 4 aliphatic heterocycles. The molecular weight excluding hydrogens is 456 g/mol. The van der Waals surface area contributed by atoms with Gasteiger partial charge in [0.25, 0.3) is 23.6 Å². The minimum absolute atomic E-state index is 0. The summed E-state index contributed by atoms with van der Waals surface area (Å²) >= 11 is 0. The van der Waals surface area contributed by atoms with E-state index in [0.29, 0.717) is 0 Å². The van der Waals surface area contributed by atoms with Crippen LogP contribution in [-0.4, -0.2) is 79.6 Å². The Morgan fingerprint density at radius 1 is 0.611 bits per heavy atom. The van der Waals surface area contributed by atoms with Gasteiger partial charge in [0.15, 0.2) is 0 Å². The number of piperidine rings is 2. The van der Waals surface area contributed by atoms with E-state index in [2.05, 4.69) is 72.7 Å². The molecule has 0 saturated carbocycles. The maximum absolute atomic E-state index is 11.8. The van der Waals surface area contributed by atoms with Crippen molar-refractivity contribution in [1.29, 1.82) is 0 Å². The Morgan fingerprint density at radius 3 is 1.19 bits per heavy atom. The van der Waals surface area contributed by atoms with Crippen LogP contribution in [0.3, 0.4) is 0 Å². The van der Waals surface area contributed by atoms with Gasteiger partial charge in [-0.1, -0.05) is 7.43 Å². The first-order valence-corrected chi connectivity index (χ1v) is 12.5. The molecule has 0 aromatic rings. The summed E-state index contributed by atoms with van der Waals surface area (Å²) in [5.74, 6) is -0.677. The number of hydrogen-bond acceptors (Lipinski definition) is 6. The molecule has 0 radical (unpaired) electrons. The van der Waals surface area contributed by atoms with Gasteiger partial charge in [0.1, 0.15) is 0 Å². The van der Waals surface area contributed by atoms with E-state index in [1.165, 1.54) is 34.1 Å². The third kappa shape index (κ3) is 6.14. The number of likely N-dealkylation sites (tertiary alicyclic amines) is 1. The van der Waals surface area contributed by atoms with E-state index in [1.807, 2.05) is 0 Å². The Balaban J connectivity index is 0.000000247. The summed E-state index contributed by atoms with van der Waals surface area (Å²) in [5, 5.41) is 3.55. The van der Waals surface area contributed by atoms with Crippen LogP contribution in [0.2, 0.25) is 0 Å². The van der Waals surface area contributed by atoms with E-state index in [1.54, 1.807) is 0 Å². The molecule has 0 aliphatic carbocycles. The number of hydrogen-bond donors (Lipinski definition) is 1. The zero-order chi connectivity index (χ0) is 26.6. The lowest BCUT2D eigenvalue weighted by atomic mass is 9.77. The zero-order valence-electron chi connectivity index (χ0n) is 22.8. The topological polar surface area (TPSA) is 90.0 Å². The van der Waals surface area contributed by atoms with E-state index in [4.69, 9.17) is 0 Å². The fourth-order valence-electron chi connectivity index (χ4n) is 6.50. The minimum atomic E-state index is -0.173. The molecule has 202 valence electrons. The van der Waals surface area contributed by atoms with E-state index in [0.717, 1.165) is 25.7 Å². The van der Waals surface area contributed by atoms with Gasteiger partial charge >= 0.3 is 0 Å². The molecule has 2 fully saturated rings. The van der Waals surface area contributed by atoms with E-state index >= 15 is 0 Å². The Labute approximate surface area is 217 Å². The molecule has 2 saturated heterocycles. The molecule has 4 heterocycles. The summed E-state index contributed by atoms with van der Waals surface area (Å²) in [6, 6.07) is -0.00236. The van der Waals surface area contributed by atoms with Crippen molar-refractivity contribution in [2.45, 2.75) is 123 Å². The number of carbonyl (C=O) groups excluding carboxylic acids is 4. The highest BCUT2D eigenvalue weighted by Gasteiger charge is 2.47. The van der Waals surface area contributed by atoms with Crippen LogP contribution in [0.15, 0.2) is 24.3 Å². The number of carbonyl (C=O) groups is 4. The Hall–Kier alpha value is -2.32. The first kappa shape index (κ1) is 29.9. The SMILES string of the molecule is C.CC1(C)CC(N2C(=O)C=CC2=O)CC(C)(C)N1.CN1C(C)(C)CC(N2C(=O)C=CC2=O)CC1(C)C. The second kappa shape index (κ2) is 9.86. The van der Waals surface area contributed by atoms with Gasteiger partial charge in [0.05, 0.1) is 0 Å². The van der Waals surface area contributed by atoms with Gasteiger partial charge in [-0.25, -0.2) is 0 Å². The number of rotatable bonds is 2. The van der Waals surface area contributed by atoms with E-state index < -0.39 is 0 Å². The molecule has 1 N–H and O–H groups in total. The lowest BCUT2D eigenvalue weighted by Gasteiger charge is -2.54. The van der Waals surface area contributed by atoms with Crippen molar-refractivity contribution in [3.05, 3.63) is 24.3 Å². The summed E-state index contributed by atoms with van der Waals surface area (Å²) in [4.78, 5) is 52.2. The number of imide groups is 2. The molecule has 4 aliphatic rings. The van der Waals surface area contributed by atoms with Gasteiger partial charge < -0.3 is 5.32 Å². The van der Waals surface area contributed by atoms with Gasteiger partial charge in [-0.3, -0.25) is 33.9 Å². The smallest absolute Gasteiger partial charge is 0.253 e. The van der Waals surface area contributed by atoms with Crippen LogP contribution in [0.4, 0.5) is 0 Å². The predicted molar refractivity (Wildman–Crippen MR) is 142 cm³/mol. The first-order valence-electron chi connectivity index (χ1n) is 12.5. The Kier molecular flexibility index (Phi) is 8.19. The summed E-state index contributed by atoms with van der Waals surface area (Å²) in [5.41, 5.74) is -0.156. The fraction of sp³-hybridized carbons (Fsp3) is 0.714. The van der Waals surface area contributed by atoms with Crippen LogP contribution in [0.1, 0.15) is 88.5 Å². The van der Waals surface area contributed by atoms with Crippen LogP contribution >= 0.6 is 0 Å². The fourth-order valence-corrected chi connectivity index (χ4v) is 6.50. The molecule has 4 rings (SSSR count). The van der Waals surface area contributed by atoms with Gasteiger partial charge in [0, 0.05) is 58.5 Å². The number of nitrogens with one attached hydrogen (secondary N) is 1. The molecule has 8 nitrogen and oxygen atoms in total. The molecule has 0 atom stereocenters. The summed E-state index contributed by atoms with van der Waals surface area (Å²) in [6.45, 7) is 17.1. The van der Waals surface area contributed by atoms with Crippen molar-refractivity contribution in [3.8, 4) is 0 Å². The Bertz CT molecular complexity index is 906. The van der Waals surface area contributed by atoms with Crippen molar-refractivity contribution in [2.24, 2.45) is 0 Å². The van der Waals surface area contributed by atoms with Gasteiger partial charge in [-0.05, 0) is 88.1 Å². The third-order valence-corrected chi connectivity index (χ3v) is 7.87. The number of amides is 4. The highest BCUT2D eigenvalue weighted by atomic mass is 16.2. The van der Waals surface area contributed by atoms with Crippen LogP contribution < -0.4 is 5.32 Å². The molecule has 0 unspecified atom stereocenters. The maximum atomic E-state index is 11.8. The molecule has 0 aromatic carbocycles. The second-order valence-corrected chi connectivity index (χ2v) is 13.0. The van der Waals surface area contributed by atoms with Gasteiger partial charge in [-0.15, -0.1) is 0 Å². The van der Waals surface area contributed by atoms with Crippen molar-refractivity contribution in [3.63, 3.8) is 0 Å². The van der Waals surface area contributed by atoms with Gasteiger partial charge in [-0.2, -0.15) is 0 Å². The Morgan fingerprint density at radius 2 is 0.889 bits per heavy atom. The highest BCUT2D eigenvalue weighted by molar-refractivity contribution is 6.13. The van der Waals surface area contributed by atoms with Crippen LogP contribution in [-0.2, 0) is 19.2 Å². The largest absolute Gasteiger partial charge is 0.307 e. The minimum Gasteiger partial charge on any atom is -0.307 e. The zero-order valence-corrected chi connectivity index (χ0v) is 22.8. The van der Waals surface area contributed by atoms with E-state index in [-0.39, 0.29) is 65.3 Å². The van der Waals surface area contributed by atoms with Crippen LogP contribution in [0.25, 0.3) is 0 Å². The van der Waals surface area contributed by atoms with Crippen molar-refractivity contribution >= 4 is 23.6 Å². The predicted octanol–water partition coefficient (Wildman–Crippen LogP) is 3.42. The molecule has 0 aromatic heterocycles. The summed E-state index contributed by atoms with van der Waals surface area (Å²) < 4.78 is 0. The van der Waals surface area contributed by atoms with E-state index in [9.17, 15) is 19.2 Å². The van der Waals surface area contributed by atoms with Crippen molar-refractivity contribution < 1.29 is 19.2 Å². The van der Waals surface area contributed by atoms with Crippen LogP contribution in [0.5, 0.6) is 0 Å². The van der Waals surface area contributed by atoms with Crippen molar-refractivity contribution in [1.82, 2.24) is 20.0 Å². The monoisotopic (exact) mass is 502 g/mol. The molecule has 4 amide bonds. The van der Waals surface area contributed by atoms with Gasteiger partial charge in [0.2, 0.25) is 0 Å². The maximum Gasteiger partial charge on any atom is 0.253 e. The summed E-state index contributed by atoms with van der Waals surface area (Å²) in [7, 11) is 2.11. The van der Waals surface area contributed by atoms with Crippen LogP contribution in [0, 0.1) is 0 Å². The number of nitrogens with zero attached hydrogens (tertiary/aromatic N) is 3. The normalized spacial score (nSPS) is 27.2. The quantitative estimate of drug-likeness (QED) is 0.582. The third-order valence-electron chi connectivity index (χ3n) is 7.87. The first-order chi connectivity index (χ1) is 15.9. The lowest BCUT2D eigenvalue weighted by Crippen LogP contribution is -2.63. The molecule has 0 bridgehead atoms. The summed E-state index contributed by atoms with van der Waals surface area (Å²) in [6.07, 6.45) is 8.74. The molecule has 0 spiro atoms. The molecule has 8 heteroatoms. The molecule has 36 heavy (non-hydrogen) atoms. The average Bonchev–Trinajstić information content (AvgIpc) is 3.18. The average molecular weight is 503 g/mol. The molecular formula is C28H46N4O4.